The highest BCUT2D eigenvalue weighted by atomic mass is 35.5. The van der Waals surface area contributed by atoms with Crippen molar-refractivity contribution in [2.24, 2.45) is 0 Å². The number of aliphatic hydroxyl groups is 1. The average molecular weight is 244 g/mol. The van der Waals surface area contributed by atoms with Crippen LogP contribution >= 0.6 is 11.6 Å². The summed E-state index contributed by atoms with van der Waals surface area (Å²) in [4.78, 5) is 0. The van der Waals surface area contributed by atoms with E-state index in [1.807, 2.05) is 6.92 Å². The van der Waals surface area contributed by atoms with Gasteiger partial charge in [-0.25, -0.2) is 13.1 Å². The first-order chi connectivity index (χ1) is 6.52. The lowest BCUT2D eigenvalue weighted by Gasteiger charge is -2.08. The van der Waals surface area contributed by atoms with Crippen LogP contribution in [0, 0.1) is 0 Å². The molecule has 0 aromatic heterocycles. The predicted molar refractivity (Wildman–Crippen MR) is 58.0 cm³/mol. The molecular formula is C8H18ClNO3S. The van der Waals surface area contributed by atoms with Crippen molar-refractivity contribution in [3.05, 3.63) is 0 Å². The molecule has 0 saturated carbocycles. The summed E-state index contributed by atoms with van der Waals surface area (Å²) < 4.78 is 24.8. The molecule has 14 heavy (non-hydrogen) atoms. The van der Waals surface area contributed by atoms with Crippen molar-refractivity contribution >= 4 is 21.6 Å². The van der Waals surface area contributed by atoms with E-state index in [9.17, 15) is 13.5 Å². The predicted octanol–water partition coefficient (Wildman–Crippen LogP) is 0.696. The number of alkyl halides is 1. The van der Waals surface area contributed by atoms with Gasteiger partial charge in [-0.15, -0.1) is 11.6 Å². The van der Waals surface area contributed by atoms with E-state index >= 15 is 0 Å². The van der Waals surface area contributed by atoms with Crippen LogP contribution in [0.15, 0.2) is 0 Å². The van der Waals surface area contributed by atoms with Crippen molar-refractivity contribution in [1.29, 1.82) is 0 Å². The van der Waals surface area contributed by atoms with E-state index in [-0.39, 0.29) is 5.75 Å². The van der Waals surface area contributed by atoms with Gasteiger partial charge in [-0.3, -0.25) is 0 Å². The topological polar surface area (TPSA) is 66.4 Å². The molecule has 0 spiro atoms. The van der Waals surface area contributed by atoms with Crippen molar-refractivity contribution in [3.63, 3.8) is 0 Å². The molecule has 0 rings (SSSR count). The number of hydrogen-bond acceptors (Lipinski definition) is 3. The fourth-order valence-electron chi connectivity index (χ4n) is 0.902. The molecule has 0 saturated heterocycles. The first-order valence-corrected chi connectivity index (χ1v) is 6.92. The molecule has 6 heteroatoms. The van der Waals surface area contributed by atoms with Crippen molar-refractivity contribution in [1.82, 2.24) is 4.72 Å². The fraction of sp³-hybridized carbons (Fsp3) is 1.00. The standard InChI is InChI=1S/C8H18ClNO3S/c1-2-8(11)4-6-10-14(12,13)7-3-5-9/h8,10-11H,2-7H2,1H3. The van der Waals surface area contributed by atoms with Crippen molar-refractivity contribution < 1.29 is 13.5 Å². The van der Waals surface area contributed by atoms with Gasteiger partial charge in [0, 0.05) is 12.4 Å². The summed E-state index contributed by atoms with van der Waals surface area (Å²) >= 11 is 5.38. The Bertz CT molecular complexity index is 231. The molecular weight excluding hydrogens is 226 g/mol. The van der Waals surface area contributed by atoms with Crippen LogP contribution in [0.25, 0.3) is 0 Å². The molecule has 0 radical (unpaired) electrons. The molecule has 0 aliphatic carbocycles. The second-order valence-corrected chi connectivity index (χ2v) is 5.41. The minimum absolute atomic E-state index is 0.0543. The number of halogens is 1. The molecule has 0 fully saturated rings. The summed E-state index contributed by atoms with van der Waals surface area (Å²) in [6.07, 6.45) is 1.12. The molecule has 0 aliphatic heterocycles. The van der Waals surface area contributed by atoms with Crippen LogP contribution < -0.4 is 4.72 Å². The lowest BCUT2D eigenvalue weighted by atomic mass is 10.2. The molecule has 0 aliphatic rings. The van der Waals surface area contributed by atoms with Gasteiger partial charge >= 0.3 is 0 Å². The zero-order valence-corrected chi connectivity index (χ0v) is 9.94. The zero-order chi connectivity index (χ0) is 11.0. The Hall–Kier alpha value is 0.160. The molecule has 2 N–H and O–H groups in total. The number of aliphatic hydroxyl groups excluding tert-OH is 1. The van der Waals surface area contributed by atoms with Crippen LogP contribution in [0.5, 0.6) is 0 Å². The van der Waals surface area contributed by atoms with Crippen LogP contribution in [-0.2, 0) is 10.0 Å². The maximum absolute atomic E-state index is 11.2. The summed E-state index contributed by atoms with van der Waals surface area (Å²) in [6.45, 7) is 2.15. The second kappa shape index (κ2) is 7.45. The maximum Gasteiger partial charge on any atom is 0.211 e. The van der Waals surface area contributed by atoms with E-state index in [2.05, 4.69) is 4.72 Å². The monoisotopic (exact) mass is 243 g/mol. The fourth-order valence-corrected chi connectivity index (χ4v) is 2.29. The van der Waals surface area contributed by atoms with Gasteiger partial charge in [-0.2, -0.15) is 0 Å². The Labute approximate surface area is 90.7 Å². The van der Waals surface area contributed by atoms with Gasteiger partial charge < -0.3 is 5.11 Å². The van der Waals surface area contributed by atoms with Gasteiger partial charge in [0.25, 0.3) is 0 Å². The smallest absolute Gasteiger partial charge is 0.211 e. The average Bonchev–Trinajstić information content (AvgIpc) is 2.14. The van der Waals surface area contributed by atoms with E-state index in [1.54, 1.807) is 0 Å². The molecule has 1 atom stereocenters. The molecule has 0 amide bonds. The quantitative estimate of drug-likeness (QED) is 0.617. The third-order valence-electron chi connectivity index (χ3n) is 1.82. The van der Waals surface area contributed by atoms with Crippen LogP contribution in [0.4, 0.5) is 0 Å². The second-order valence-electron chi connectivity index (χ2n) is 3.11. The SMILES string of the molecule is CCC(O)CCNS(=O)(=O)CCCCl. The van der Waals surface area contributed by atoms with E-state index in [0.717, 1.165) is 0 Å². The minimum Gasteiger partial charge on any atom is -0.393 e. The van der Waals surface area contributed by atoms with Gasteiger partial charge in [-0.05, 0) is 19.3 Å². The maximum atomic E-state index is 11.2. The molecule has 0 heterocycles. The molecule has 86 valence electrons. The zero-order valence-electron chi connectivity index (χ0n) is 8.37. The summed E-state index contributed by atoms with van der Waals surface area (Å²) in [7, 11) is -3.19. The number of hydrogen-bond donors (Lipinski definition) is 2. The van der Waals surface area contributed by atoms with Crippen molar-refractivity contribution in [3.8, 4) is 0 Å². The summed E-state index contributed by atoms with van der Waals surface area (Å²) in [5.41, 5.74) is 0. The molecule has 4 nitrogen and oxygen atoms in total. The minimum atomic E-state index is -3.19. The highest BCUT2D eigenvalue weighted by Crippen LogP contribution is 1.97. The van der Waals surface area contributed by atoms with Crippen molar-refractivity contribution in [2.75, 3.05) is 18.2 Å². The van der Waals surface area contributed by atoms with Crippen LogP contribution in [0.2, 0.25) is 0 Å². The Morgan fingerprint density at radius 2 is 2.14 bits per heavy atom. The van der Waals surface area contributed by atoms with E-state index < -0.39 is 16.1 Å². The Kier molecular flexibility index (Phi) is 7.54. The summed E-state index contributed by atoms with van der Waals surface area (Å²) in [5, 5.41) is 9.17. The van der Waals surface area contributed by atoms with Gasteiger partial charge in [0.05, 0.1) is 11.9 Å². The molecule has 0 bridgehead atoms. The third kappa shape index (κ3) is 7.55. The summed E-state index contributed by atoms with van der Waals surface area (Å²) in [6, 6.07) is 0. The van der Waals surface area contributed by atoms with E-state index in [4.69, 9.17) is 11.6 Å². The van der Waals surface area contributed by atoms with Gasteiger partial charge in [-0.1, -0.05) is 6.92 Å². The van der Waals surface area contributed by atoms with Crippen molar-refractivity contribution in [2.45, 2.75) is 32.3 Å². The Morgan fingerprint density at radius 1 is 1.50 bits per heavy atom. The van der Waals surface area contributed by atoms with Gasteiger partial charge in [0.1, 0.15) is 0 Å². The first kappa shape index (κ1) is 14.2. The van der Waals surface area contributed by atoms with E-state index in [0.29, 0.717) is 31.7 Å². The molecule has 1 unspecified atom stereocenters. The third-order valence-corrected chi connectivity index (χ3v) is 3.55. The largest absolute Gasteiger partial charge is 0.393 e. The lowest BCUT2D eigenvalue weighted by Crippen LogP contribution is -2.29. The number of sulfonamides is 1. The normalized spacial score (nSPS) is 14.2. The highest BCUT2D eigenvalue weighted by Gasteiger charge is 2.09. The number of nitrogens with one attached hydrogen (secondary N) is 1. The van der Waals surface area contributed by atoms with Crippen LogP contribution in [0.1, 0.15) is 26.2 Å². The van der Waals surface area contributed by atoms with Gasteiger partial charge in [0.15, 0.2) is 0 Å². The highest BCUT2D eigenvalue weighted by molar-refractivity contribution is 7.89. The number of rotatable bonds is 8. The lowest BCUT2D eigenvalue weighted by molar-refractivity contribution is 0.162. The molecule has 0 aromatic carbocycles. The molecule has 0 aromatic rings. The van der Waals surface area contributed by atoms with Crippen LogP contribution in [0.3, 0.4) is 0 Å². The Morgan fingerprint density at radius 3 is 2.64 bits per heavy atom. The Balaban J connectivity index is 3.66. The van der Waals surface area contributed by atoms with Gasteiger partial charge in [0.2, 0.25) is 10.0 Å². The summed E-state index contributed by atoms with van der Waals surface area (Å²) in [5.74, 6) is 0.400. The van der Waals surface area contributed by atoms with E-state index in [1.165, 1.54) is 0 Å². The first-order valence-electron chi connectivity index (χ1n) is 4.73. The van der Waals surface area contributed by atoms with Crippen LogP contribution in [-0.4, -0.2) is 37.8 Å².